The molecule has 1 amide bonds. The lowest BCUT2D eigenvalue weighted by molar-refractivity contribution is 0.00301. The predicted octanol–water partition coefficient (Wildman–Crippen LogP) is 5.71. The minimum atomic E-state index is -0.721. The predicted molar refractivity (Wildman–Crippen MR) is 160 cm³/mol. The minimum absolute atomic E-state index is 0.00545. The van der Waals surface area contributed by atoms with Crippen molar-refractivity contribution in [3.63, 3.8) is 0 Å². The third kappa shape index (κ3) is 7.05. The van der Waals surface area contributed by atoms with Crippen molar-refractivity contribution >= 4 is 32.9 Å². The Hall–Kier alpha value is -3.08. The highest BCUT2D eigenvalue weighted by Crippen LogP contribution is 2.33. The number of carbonyl (C=O) groups excluding carboxylic acids is 1. The number of rotatable bonds is 7. The maximum absolute atomic E-state index is 13.4. The fraction of sp³-hybridized carbons (Fsp3) is 0.484. The molecule has 1 aromatic heterocycles. The molecule has 10 heteroatoms. The van der Waals surface area contributed by atoms with Gasteiger partial charge in [0.1, 0.15) is 18.8 Å². The molecule has 2 aromatic carbocycles. The van der Waals surface area contributed by atoms with E-state index in [1.807, 2.05) is 68.1 Å². The summed E-state index contributed by atoms with van der Waals surface area (Å²) in [6.07, 6.45) is 0.488. The molecule has 1 saturated heterocycles. The largest absolute Gasteiger partial charge is 0.486 e. The summed E-state index contributed by atoms with van der Waals surface area (Å²) in [6.45, 7) is 9.06. The van der Waals surface area contributed by atoms with Crippen LogP contribution in [0.15, 0.2) is 46.9 Å². The van der Waals surface area contributed by atoms with Gasteiger partial charge < -0.3 is 33.9 Å². The van der Waals surface area contributed by atoms with E-state index in [1.165, 1.54) is 0 Å². The average molecular weight is 629 g/mol. The van der Waals surface area contributed by atoms with Crippen molar-refractivity contribution in [3.05, 3.63) is 58.1 Å². The second-order valence-electron chi connectivity index (χ2n) is 11.5. The number of halogens is 1. The van der Waals surface area contributed by atoms with Crippen molar-refractivity contribution in [1.29, 1.82) is 0 Å². The SMILES string of the molecule is COc1ccc2c(Br)ccc(C(O)CN3CCC(N(Cc4ccc5c(c4)OCCO5)C(=O)OC(C)(C)C)CC3)c2n1. The van der Waals surface area contributed by atoms with Crippen molar-refractivity contribution < 1.29 is 28.8 Å². The topological polar surface area (TPSA) is 93.6 Å². The molecule has 1 fully saturated rings. The van der Waals surface area contributed by atoms with Crippen molar-refractivity contribution in [2.75, 3.05) is 40.0 Å². The van der Waals surface area contributed by atoms with Crippen LogP contribution >= 0.6 is 15.9 Å². The molecule has 0 bridgehead atoms. The van der Waals surface area contributed by atoms with Gasteiger partial charge in [-0.25, -0.2) is 9.78 Å². The van der Waals surface area contributed by atoms with Gasteiger partial charge in [0.2, 0.25) is 5.88 Å². The van der Waals surface area contributed by atoms with E-state index in [0.29, 0.717) is 37.9 Å². The average Bonchev–Trinajstić information content (AvgIpc) is 2.95. The Kier molecular flexibility index (Phi) is 8.91. The van der Waals surface area contributed by atoms with E-state index in [1.54, 1.807) is 7.11 Å². The Morgan fingerprint density at radius 1 is 1.12 bits per heavy atom. The Morgan fingerprint density at radius 3 is 2.56 bits per heavy atom. The molecule has 0 saturated carbocycles. The molecule has 2 aliphatic rings. The first kappa shape index (κ1) is 29.4. The molecule has 3 aromatic rings. The van der Waals surface area contributed by atoms with E-state index in [9.17, 15) is 9.90 Å². The Bertz CT molecular complexity index is 1390. The normalized spacial score (nSPS) is 16.8. The summed E-state index contributed by atoms with van der Waals surface area (Å²) in [4.78, 5) is 22.1. The summed E-state index contributed by atoms with van der Waals surface area (Å²) in [6, 6.07) is 13.4. The van der Waals surface area contributed by atoms with Crippen LogP contribution in [0.25, 0.3) is 10.9 Å². The fourth-order valence-corrected chi connectivity index (χ4v) is 5.82. The molecule has 220 valence electrons. The Labute approximate surface area is 249 Å². The van der Waals surface area contributed by atoms with Crippen LogP contribution in [-0.2, 0) is 11.3 Å². The van der Waals surface area contributed by atoms with Crippen LogP contribution in [0.4, 0.5) is 4.79 Å². The number of nitrogens with zero attached hydrogens (tertiary/aromatic N) is 3. The first-order valence-corrected chi connectivity index (χ1v) is 14.8. The van der Waals surface area contributed by atoms with Gasteiger partial charge in [0.15, 0.2) is 11.5 Å². The quantitative estimate of drug-likeness (QED) is 0.356. The highest BCUT2D eigenvalue weighted by Gasteiger charge is 2.32. The van der Waals surface area contributed by atoms with Crippen LogP contribution in [0.2, 0.25) is 0 Å². The van der Waals surface area contributed by atoms with Crippen LogP contribution in [-0.4, -0.2) is 77.6 Å². The highest BCUT2D eigenvalue weighted by atomic mass is 79.9. The van der Waals surface area contributed by atoms with Gasteiger partial charge in [-0.3, -0.25) is 0 Å². The number of ether oxygens (including phenoxy) is 4. The number of β-amino-alcohol motifs (C(OH)–C–C–N with tert-alkyl or cyclic N) is 1. The van der Waals surface area contributed by atoms with Gasteiger partial charge in [-0.05, 0) is 63.4 Å². The second-order valence-corrected chi connectivity index (χ2v) is 12.4. The summed E-state index contributed by atoms with van der Waals surface area (Å²) in [7, 11) is 1.58. The number of fused-ring (bicyclic) bond motifs is 2. The number of carbonyl (C=O) groups is 1. The maximum atomic E-state index is 13.4. The van der Waals surface area contributed by atoms with Crippen LogP contribution in [0.1, 0.15) is 50.8 Å². The van der Waals surface area contributed by atoms with Crippen LogP contribution in [0, 0.1) is 0 Å². The molecule has 5 rings (SSSR count). The van der Waals surface area contributed by atoms with Gasteiger partial charge in [-0.15, -0.1) is 0 Å². The molecular weight excluding hydrogens is 590 g/mol. The van der Waals surface area contributed by atoms with Gasteiger partial charge in [0.25, 0.3) is 0 Å². The number of methoxy groups -OCH3 is 1. The van der Waals surface area contributed by atoms with Gasteiger partial charge in [0, 0.05) is 53.7 Å². The lowest BCUT2D eigenvalue weighted by Crippen LogP contribution is -2.49. The van der Waals surface area contributed by atoms with Gasteiger partial charge >= 0.3 is 6.09 Å². The van der Waals surface area contributed by atoms with Crippen LogP contribution in [0.5, 0.6) is 17.4 Å². The van der Waals surface area contributed by atoms with Crippen molar-refractivity contribution in [3.8, 4) is 17.4 Å². The van der Waals surface area contributed by atoms with Gasteiger partial charge in [0.05, 0.1) is 18.7 Å². The number of likely N-dealkylation sites (tertiary alicyclic amines) is 1. The summed E-state index contributed by atoms with van der Waals surface area (Å²) in [5, 5.41) is 12.2. The van der Waals surface area contributed by atoms with E-state index in [4.69, 9.17) is 18.9 Å². The van der Waals surface area contributed by atoms with Crippen LogP contribution < -0.4 is 14.2 Å². The number of hydrogen-bond donors (Lipinski definition) is 1. The van der Waals surface area contributed by atoms with Crippen molar-refractivity contribution in [2.45, 2.75) is 57.9 Å². The van der Waals surface area contributed by atoms with Crippen molar-refractivity contribution in [2.24, 2.45) is 0 Å². The van der Waals surface area contributed by atoms with E-state index in [-0.39, 0.29) is 12.1 Å². The summed E-state index contributed by atoms with van der Waals surface area (Å²) in [5.74, 6) is 1.93. The Balaban J connectivity index is 1.27. The lowest BCUT2D eigenvalue weighted by Gasteiger charge is -2.39. The number of aliphatic hydroxyl groups excluding tert-OH is 1. The second kappa shape index (κ2) is 12.4. The third-order valence-electron chi connectivity index (χ3n) is 7.39. The molecule has 0 radical (unpaired) electrons. The summed E-state index contributed by atoms with van der Waals surface area (Å²) >= 11 is 3.59. The fourth-order valence-electron chi connectivity index (χ4n) is 5.37. The monoisotopic (exact) mass is 627 g/mol. The smallest absolute Gasteiger partial charge is 0.410 e. The number of piperidine rings is 1. The Morgan fingerprint density at radius 2 is 1.85 bits per heavy atom. The number of aliphatic hydroxyl groups is 1. The number of pyridine rings is 1. The van der Waals surface area contributed by atoms with E-state index in [0.717, 1.165) is 58.2 Å². The molecule has 0 aliphatic carbocycles. The lowest BCUT2D eigenvalue weighted by atomic mass is 10.00. The molecule has 0 spiro atoms. The van der Waals surface area contributed by atoms with Gasteiger partial charge in [-0.1, -0.05) is 28.1 Å². The molecule has 1 N–H and O–H groups in total. The molecule has 9 nitrogen and oxygen atoms in total. The zero-order chi connectivity index (χ0) is 29.1. The third-order valence-corrected chi connectivity index (χ3v) is 8.09. The van der Waals surface area contributed by atoms with E-state index >= 15 is 0 Å². The summed E-state index contributed by atoms with van der Waals surface area (Å²) < 4.78 is 23.5. The zero-order valence-electron chi connectivity index (χ0n) is 24.1. The molecule has 2 aliphatic heterocycles. The number of amides is 1. The molecule has 3 heterocycles. The highest BCUT2D eigenvalue weighted by molar-refractivity contribution is 9.10. The standard InChI is InChI=1S/C31H38BrN3O6/c1-31(2,3)41-30(37)35(18-20-5-9-26-27(17-20)40-16-15-39-26)21-11-13-34(14-12-21)19-25(36)23-6-8-24(32)22-7-10-28(38-4)33-29(22)23/h5-10,17,21,25,36H,11-16,18-19H2,1-4H3. The molecule has 1 unspecified atom stereocenters. The number of hydrogen-bond acceptors (Lipinski definition) is 8. The van der Waals surface area contributed by atoms with E-state index < -0.39 is 11.7 Å². The van der Waals surface area contributed by atoms with E-state index in [2.05, 4.69) is 25.8 Å². The first-order valence-electron chi connectivity index (χ1n) is 14.0. The molecule has 1 atom stereocenters. The first-order chi connectivity index (χ1) is 19.6. The van der Waals surface area contributed by atoms with Crippen LogP contribution in [0.3, 0.4) is 0 Å². The molecular formula is C31H38BrN3O6. The van der Waals surface area contributed by atoms with Crippen molar-refractivity contribution in [1.82, 2.24) is 14.8 Å². The zero-order valence-corrected chi connectivity index (χ0v) is 25.6. The number of benzene rings is 2. The van der Waals surface area contributed by atoms with Gasteiger partial charge in [-0.2, -0.15) is 0 Å². The minimum Gasteiger partial charge on any atom is -0.486 e. The summed E-state index contributed by atoms with van der Waals surface area (Å²) in [5.41, 5.74) is 1.84. The molecule has 41 heavy (non-hydrogen) atoms. The maximum Gasteiger partial charge on any atom is 0.410 e. The number of aromatic nitrogens is 1.